The van der Waals surface area contributed by atoms with Gasteiger partial charge in [0.25, 0.3) is 5.91 Å². The average molecular weight is 339 g/mol. The summed E-state index contributed by atoms with van der Waals surface area (Å²) in [6.07, 6.45) is 0. The molecule has 0 unspecified atom stereocenters. The number of rotatable bonds is 4. The second kappa shape index (κ2) is 7.12. The van der Waals surface area contributed by atoms with Gasteiger partial charge in [0.05, 0.1) is 24.5 Å². The highest BCUT2D eigenvalue weighted by Gasteiger charge is 2.16. The number of nitrogens with one attached hydrogen (secondary N) is 1. The predicted octanol–water partition coefficient (Wildman–Crippen LogP) is 2.51. The van der Waals surface area contributed by atoms with Gasteiger partial charge in [-0.05, 0) is 12.1 Å². The van der Waals surface area contributed by atoms with Gasteiger partial charge in [0.2, 0.25) is 0 Å². The van der Waals surface area contributed by atoms with Crippen LogP contribution in [0.2, 0.25) is 0 Å². The lowest BCUT2D eigenvalue weighted by atomic mass is 10.2. The molecule has 1 aromatic carbocycles. The first-order valence-electron chi connectivity index (χ1n) is 7.13. The highest BCUT2D eigenvalue weighted by Crippen LogP contribution is 2.19. The zero-order valence-corrected chi connectivity index (χ0v) is 13.0. The maximum absolute atomic E-state index is 13.6. The number of aromatic nitrogens is 1. The molecule has 0 atom stereocenters. The predicted molar refractivity (Wildman–Crippen MR) is 82.5 cm³/mol. The van der Waals surface area contributed by atoms with Crippen molar-refractivity contribution in [3.05, 3.63) is 46.5 Å². The van der Waals surface area contributed by atoms with Crippen LogP contribution < -0.4 is 5.32 Å². The SMILES string of the molecule is O=C(Nc1nc(CN2CCOCC2)cs1)c1ccc(F)cc1F. The van der Waals surface area contributed by atoms with E-state index in [1.165, 1.54) is 11.3 Å². The van der Waals surface area contributed by atoms with Crippen molar-refractivity contribution in [3.63, 3.8) is 0 Å². The smallest absolute Gasteiger partial charge is 0.260 e. The first kappa shape index (κ1) is 16.0. The van der Waals surface area contributed by atoms with E-state index in [1.54, 1.807) is 0 Å². The molecule has 1 aliphatic rings. The number of benzene rings is 1. The van der Waals surface area contributed by atoms with E-state index >= 15 is 0 Å². The molecule has 0 aliphatic carbocycles. The van der Waals surface area contributed by atoms with E-state index in [0.29, 0.717) is 31.0 Å². The fraction of sp³-hybridized carbons (Fsp3) is 0.333. The zero-order chi connectivity index (χ0) is 16.2. The number of anilines is 1. The van der Waals surface area contributed by atoms with E-state index < -0.39 is 17.5 Å². The van der Waals surface area contributed by atoms with Crippen molar-refractivity contribution in [1.29, 1.82) is 0 Å². The van der Waals surface area contributed by atoms with Gasteiger partial charge in [-0.3, -0.25) is 15.0 Å². The Morgan fingerprint density at radius 3 is 2.87 bits per heavy atom. The maximum atomic E-state index is 13.6. The summed E-state index contributed by atoms with van der Waals surface area (Å²) >= 11 is 1.27. The van der Waals surface area contributed by atoms with Crippen molar-refractivity contribution in [2.75, 3.05) is 31.6 Å². The molecule has 8 heteroatoms. The van der Waals surface area contributed by atoms with Crippen LogP contribution in [0.5, 0.6) is 0 Å². The Morgan fingerprint density at radius 2 is 2.13 bits per heavy atom. The first-order valence-corrected chi connectivity index (χ1v) is 8.01. The van der Waals surface area contributed by atoms with E-state index in [4.69, 9.17) is 4.74 Å². The van der Waals surface area contributed by atoms with E-state index in [2.05, 4.69) is 15.2 Å². The Kier molecular flexibility index (Phi) is 4.94. The summed E-state index contributed by atoms with van der Waals surface area (Å²) in [5, 5.41) is 4.78. The lowest BCUT2D eigenvalue weighted by Crippen LogP contribution is -2.35. The zero-order valence-electron chi connectivity index (χ0n) is 12.2. The van der Waals surface area contributed by atoms with Gasteiger partial charge < -0.3 is 4.74 Å². The second-order valence-electron chi connectivity index (χ2n) is 5.11. The van der Waals surface area contributed by atoms with Gasteiger partial charge in [0.15, 0.2) is 5.13 Å². The van der Waals surface area contributed by atoms with Crippen LogP contribution in [-0.4, -0.2) is 42.1 Å². The summed E-state index contributed by atoms with van der Waals surface area (Å²) in [4.78, 5) is 18.5. The summed E-state index contributed by atoms with van der Waals surface area (Å²) < 4.78 is 31.7. The first-order chi connectivity index (χ1) is 11.1. The van der Waals surface area contributed by atoms with Gasteiger partial charge in [0.1, 0.15) is 11.6 Å². The van der Waals surface area contributed by atoms with Crippen LogP contribution >= 0.6 is 11.3 Å². The summed E-state index contributed by atoms with van der Waals surface area (Å²) in [6.45, 7) is 3.79. The number of hydrogen-bond acceptors (Lipinski definition) is 5. The Bertz CT molecular complexity index is 702. The molecular formula is C15H15F2N3O2S. The van der Waals surface area contributed by atoms with Crippen molar-refractivity contribution in [2.45, 2.75) is 6.54 Å². The molecule has 1 aliphatic heterocycles. The van der Waals surface area contributed by atoms with E-state index in [0.717, 1.165) is 30.9 Å². The largest absolute Gasteiger partial charge is 0.379 e. The minimum atomic E-state index is -0.896. The molecule has 122 valence electrons. The number of morpholine rings is 1. The third-order valence-corrected chi connectivity index (χ3v) is 4.24. The fourth-order valence-electron chi connectivity index (χ4n) is 2.26. The van der Waals surface area contributed by atoms with Gasteiger partial charge in [-0.25, -0.2) is 13.8 Å². The monoisotopic (exact) mass is 339 g/mol. The van der Waals surface area contributed by atoms with Crippen LogP contribution in [-0.2, 0) is 11.3 Å². The molecular weight excluding hydrogens is 324 g/mol. The number of thiazole rings is 1. The fourth-order valence-corrected chi connectivity index (χ4v) is 2.96. The topological polar surface area (TPSA) is 54.5 Å². The van der Waals surface area contributed by atoms with Crippen molar-refractivity contribution < 1.29 is 18.3 Å². The summed E-state index contributed by atoms with van der Waals surface area (Å²) in [7, 11) is 0. The van der Waals surface area contributed by atoms with Crippen LogP contribution in [0.3, 0.4) is 0 Å². The van der Waals surface area contributed by atoms with E-state index in [-0.39, 0.29) is 5.56 Å². The quantitative estimate of drug-likeness (QED) is 0.930. The molecule has 1 aromatic heterocycles. The molecule has 23 heavy (non-hydrogen) atoms. The van der Waals surface area contributed by atoms with Crippen LogP contribution in [0.4, 0.5) is 13.9 Å². The highest BCUT2D eigenvalue weighted by molar-refractivity contribution is 7.13. The van der Waals surface area contributed by atoms with E-state index in [1.807, 2.05) is 5.38 Å². The molecule has 3 rings (SSSR count). The number of amides is 1. The van der Waals surface area contributed by atoms with Gasteiger partial charge in [-0.2, -0.15) is 0 Å². The van der Waals surface area contributed by atoms with Crippen LogP contribution in [0, 0.1) is 11.6 Å². The molecule has 1 N–H and O–H groups in total. The lowest BCUT2D eigenvalue weighted by Gasteiger charge is -2.25. The standard InChI is InChI=1S/C15H15F2N3O2S/c16-10-1-2-12(13(17)7-10)14(21)19-15-18-11(9-23-15)8-20-3-5-22-6-4-20/h1-2,7,9H,3-6,8H2,(H,18,19,21). The van der Waals surface area contributed by atoms with Gasteiger partial charge in [-0.1, -0.05) is 0 Å². The van der Waals surface area contributed by atoms with Crippen LogP contribution in [0.15, 0.2) is 23.6 Å². The molecule has 2 aromatic rings. The minimum Gasteiger partial charge on any atom is -0.379 e. The average Bonchev–Trinajstić information content (AvgIpc) is 2.95. The third-order valence-electron chi connectivity index (χ3n) is 3.44. The van der Waals surface area contributed by atoms with Crippen LogP contribution in [0.1, 0.15) is 16.1 Å². The van der Waals surface area contributed by atoms with E-state index in [9.17, 15) is 13.6 Å². The van der Waals surface area contributed by atoms with Crippen molar-refractivity contribution in [1.82, 2.24) is 9.88 Å². The molecule has 0 spiro atoms. The maximum Gasteiger partial charge on any atom is 0.260 e. The Hall–Kier alpha value is -1.90. The van der Waals surface area contributed by atoms with Crippen molar-refractivity contribution in [3.8, 4) is 0 Å². The molecule has 1 saturated heterocycles. The molecule has 1 amide bonds. The molecule has 0 bridgehead atoms. The summed E-state index contributed by atoms with van der Waals surface area (Å²) in [5.74, 6) is -2.26. The number of hydrogen-bond donors (Lipinski definition) is 1. The third kappa shape index (κ3) is 4.10. The highest BCUT2D eigenvalue weighted by atomic mass is 32.1. The second-order valence-corrected chi connectivity index (χ2v) is 5.97. The lowest BCUT2D eigenvalue weighted by molar-refractivity contribution is 0.0337. The van der Waals surface area contributed by atoms with Gasteiger partial charge in [-0.15, -0.1) is 11.3 Å². The Labute approximate surface area is 135 Å². The summed E-state index contributed by atoms with van der Waals surface area (Å²) in [5.41, 5.74) is 0.628. The molecule has 1 fully saturated rings. The minimum absolute atomic E-state index is 0.212. The Balaban J connectivity index is 1.62. The molecule has 5 nitrogen and oxygen atoms in total. The number of carbonyl (C=O) groups is 1. The number of ether oxygens (including phenoxy) is 1. The molecule has 0 saturated carbocycles. The number of halogens is 2. The van der Waals surface area contributed by atoms with Crippen molar-refractivity contribution >= 4 is 22.4 Å². The molecule has 0 radical (unpaired) electrons. The van der Waals surface area contributed by atoms with Crippen molar-refractivity contribution in [2.24, 2.45) is 0 Å². The number of nitrogens with zero attached hydrogens (tertiary/aromatic N) is 2. The molecule has 2 heterocycles. The van der Waals surface area contributed by atoms with Gasteiger partial charge >= 0.3 is 0 Å². The normalized spacial score (nSPS) is 15.6. The Morgan fingerprint density at radius 1 is 1.35 bits per heavy atom. The summed E-state index contributed by atoms with van der Waals surface area (Å²) in [6, 6.07) is 2.84. The number of carbonyl (C=O) groups excluding carboxylic acids is 1. The van der Waals surface area contributed by atoms with Gasteiger partial charge in [0, 0.05) is 31.1 Å². The van der Waals surface area contributed by atoms with Crippen LogP contribution in [0.25, 0.3) is 0 Å².